The summed E-state index contributed by atoms with van der Waals surface area (Å²) in [6, 6.07) is 13.5. The lowest BCUT2D eigenvalue weighted by Crippen LogP contribution is -1.90. The number of allylic oxidation sites excluding steroid dienone is 2. The monoisotopic (exact) mass is 260 g/mol. The highest BCUT2D eigenvalue weighted by Gasteiger charge is 2.14. The molecule has 0 fully saturated rings. The van der Waals surface area contributed by atoms with Crippen molar-refractivity contribution in [2.45, 2.75) is 27.2 Å². The normalized spacial score (nSPS) is 13.1. The van der Waals surface area contributed by atoms with E-state index in [1.165, 1.54) is 39.0 Å². The number of rotatable bonds is 2. The molecule has 0 N–H and O–H groups in total. The second-order valence-corrected chi connectivity index (χ2v) is 5.92. The van der Waals surface area contributed by atoms with E-state index in [2.05, 4.69) is 69.8 Å². The maximum absolute atomic E-state index is 4.07. The zero-order valence-corrected chi connectivity index (χ0v) is 12.5. The van der Waals surface area contributed by atoms with Gasteiger partial charge in [-0.3, -0.25) is 0 Å². The van der Waals surface area contributed by atoms with E-state index in [4.69, 9.17) is 0 Å². The van der Waals surface area contributed by atoms with Crippen LogP contribution in [-0.2, 0) is 6.42 Å². The van der Waals surface area contributed by atoms with E-state index in [9.17, 15) is 0 Å². The predicted molar refractivity (Wildman–Crippen MR) is 88.6 cm³/mol. The molecule has 0 bridgehead atoms. The van der Waals surface area contributed by atoms with Crippen molar-refractivity contribution in [3.8, 4) is 0 Å². The molecule has 0 heterocycles. The van der Waals surface area contributed by atoms with Gasteiger partial charge in [0.05, 0.1) is 0 Å². The Hall–Kier alpha value is -2.08. The highest BCUT2D eigenvalue weighted by Crippen LogP contribution is 2.33. The summed E-state index contributed by atoms with van der Waals surface area (Å²) >= 11 is 0. The lowest BCUT2D eigenvalue weighted by atomic mass is 9.96. The van der Waals surface area contributed by atoms with Gasteiger partial charge in [0, 0.05) is 0 Å². The maximum Gasteiger partial charge on any atom is -0.00137 e. The van der Waals surface area contributed by atoms with Crippen LogP contribution in [0.25, 0.3) is 17.2 Å². The second kappa shape index (κ2) is 4.79. The summed E-state index contributed by atoms with van der Waals surface area (Å²) in [4.78, 5) is 0. The average Bonchev–Trinajstić information content (AvgIpc) is 2.80. The number of fused-ring (bicyclic) bond motifs is 1. The first-order valence-electron chi connectivity index (χ1n) is 7.11. The average molecular weight is 260 g/mol. The highest BCUT2D eigenvalue weighted by molar-refractivity contribution is 5.89. The molecule has 0 saturated heterocycles. The van der Waals surface area contributed by atoms with E-state index in [1.54, 1.807) is 0 Å². The van der Waals surface area contributed by atoms with Crippen molar-refractivity contribution in [2.75, 3.05) is 0 Å². The molecule has 2 aromatic carbocycles. The number of hydrogen-bond acceptors (Lipinski definition) is 0. The Morgan fingerprint density at radius 3 is 2.55 bits per heavy atom. The molecule has 100 valence electrons. The molecule has 0 atom stereocenters. The summed E-state index contributed by atoms with van der Waals surface area (Å²) in [5.41, 5.74) is 10.5. The molecule has 0 heteroatoms. The molecule has 2 aromatic rings. The third-order valence-corrected chi connectivity index (χ3v) is 3.95. The zero-order valence-electron chi connectivity index (χ0n) is 12.5. The Morgan fingerprint density at radius 2 is 1.80 bits per heavy atom. The molecular formula is C20H20. The van der Waals surface area contributed by atoms with Crippen LogP contribution < -0.4 is 0 Å². The van der Waals surface area contributed by atoms with Gasteiger partial charge >= 0.3 is 0 Å². The molecular weight excluding hydrogens is 240 g/mol. The first-order chi connectivity index (χ1) is 9.52. The molecule has 0 spiro atoms. The second-order valence-electron chi connectivity index (χ2n) is 5.92. The van der Waals surface area contributed by atoms with Crippen LogP contribution in [0.3, 0.4) is 0 Å². The summed E-state index contributed by atoms with van der Waals surface area (Å²) in [6.07, 6.45) is 3.37. The molecule has 1 aliphatic rings. The van der Waals surface area contributed by atoms with Crippen molar-refractivity contribution >= 4 is 17.2 Å². The van der Waals surface area contributed by atoms with E-state index in [-0.39, 0.29) is 0 Å². The van der Waals surface area contributed by atoms with Crippen LogP contribution >= 0.6 is 0 Å². The largest absolute Gasteiger partial charge is 0.0955 e. The quantitative estimate of drug-likeness (QED) is 0.675. The molecule has 0 amide bonds. The predicted octanol–water partition coefficient (Wildman–Crippen LogP) is 5.43. The van der Waals surface area contributed by atoms with E-state index >= 15 is 0 Å². The van der Waals surface area contributed by atoms with Crippen LogP contribution in [0.5, 0.6) is 0 Å². The van der Waals surface area contributed by atoms with E-state index in [0.717, 1.165) is 12.0 Å². The Kier molecular flexibility index (Phi) is 3.10. The van der Waals surface area contributed by atoms with Gasteiger partial charge < -0.3 is 0 Å². The van der Waals surface area contributed by atoms with Crippen LogP contribution in [0.15, 0.2) is 43.0 Å². The molecule has 3 rings (SSSR count). The molecule has 0 nitrogen and oxygen atoms in total. The van der Waals surface area contributed by atoms with E-state index < -0.39 is 0 Å². The van der Waals surface area contributed by atoms with Gasteiger partial charge in [-0.1, -0.05) is 54.1 Å². The summed E-state index contributed by atoms with van der Waals surface area (Å²) < 4.78 is 0. The number of hydrogen-bond donors (Lipinski definition) is 0. The molecule has 1 aliphatic carbocycles. The fourth-order valence-corrected chi connectivity index (χ4v) is 2.85. The standard InChI is InChI=1S/C20H20/c1-13(2)17-8-15(4)9-19(11-17)20-10-16-6-5-14(3)7-18(16)12-20/h5-9,11-12H,1,10H2,2-4H3. The summed E-state index contributed by atoms with van der Waals surface area (Å²) in [5, 5.41) is 0. The SMILES string of the molecule is C=C(C)c1cc(C)cc(C2=Cc3cc(C)ccc3C2)c1. The Balaban J connectivity index is 2.04. The van der Waals surface area contributed by atoms with Crippen molar-refractivity contribution in [3.63, 3.8) is 0 Å². The molecule has 0 aliphatic heterocycles. The first-order valence-corrected chi connectivity index (χ1v) is 7.11. The lowest BCUT2D eigenvalue weighted by Gasteiger charge is -2.08. The molecule has 0 aromatic heterocycles. The lowest BCUT2D eigenvalue weighted by molar-refractivity contribution is 1.29. The van der Waals surface area contributed by atoms with Crippen LogP contribution in [0.1, 0.15) is 40.3 Å². The molecule has 0 radical (unpaired) electrons. The van der Waals surface area contributed by atoms with Crippen LogP contribution in [0, 0.1) is 13.8 Å². The first kappa shape index (κ1) is 12.9. The number of benzene rings is 2. The van der Waals surface area contributed by atoms with Gasteiger partial charge in [-0.15, -0.1) is 0 Å². The topological polar surface area (TPSA) is 0 Å². The zero-order chi connectivity index (χ0) is 14.3. The van der Waals surface area contributed by atoms with Gasteiger partial charge in [-0.05, 0) is 66.6 Å². The van der Waals surface area contributed by atoms with E-state index in [0.29, 0.717) is 0 Å². The Morgan fingerprint density at radius 1 is 1.00 bits per heavy atom. The fraction of sp³-hybridized carbons (Fsp3) is 0.200. The molecule has 0 saturated carbocycles. The smallest absolute Gasteiger partial charge is 0.00137 e. The minimum absolute atomic E-state index is 1.04. The van der Waals surface area contributed by atoms with Crippen molar-refractivity contribution < 1.29 is 0 Å². The van der Waals surface area contributed by atoms with Gasteiger partial charge in [0.15, 0.2) is 0 Å². The van der Waals surface area contributed by atoms with Gasteiger partial charge in [0.2, 0.25) is 0 Å². The Bertz CT molecular complexity index is 730. The van der Waals surface area contributed by atoms with E-state index in [1.807, 2.05) is 0 Å². The summed E-state index contributed by atoms with van der Waals surface area (Å²) in [6.45, 7) is 10.4. The van der Waals surface area contributed by atoms with Crippen molar-refractivity contribution in [2.24, 2.45) is 0 Å². The molecule has 20 heavy (non-hydrogen) atoms. The highest BCUT2D eigenvalue weighted by atomic mass is 14.2. The third kappa shape index (κ3) is 2.34. The fourth-order valence-electron chi connectivity index (χ4n) is 2.85. The van der Waals surface area contributed by atoms with Crippen molar-refractivity contribution in [3.05, 3.63) is 76.4 Å². The summed E-state index contributed by atoms with van der Waals surface area (Å²) in [7, 11) is 0. The number of aryl methyl sites for hydroxylation is 2. The van der Waals surface area contributed by atoms with Gasteiger partial charge in [-0.2, -0.15) is 0 Å². The van der Waals surface area contributed by atoms with Crippen molar-refractivity contribution in [1.29, 1.82) is 0 Å². The van der Waals surface area contributed by atoms with Gasteiger partial charge in [-0.25, -0.2) is 0 Å². The minimum atomic E-state index is 1.04. The van der Waals surface area contributed by atoms with Gasteiger partial charge in [0.25, 0.3) is 0 Å². The van der Waals surface area contributed by atoms with Crippen LogP contribution in [0.4, 0.5) is 0 Å². The summed E-state index contributed by atoms with van der Waals surface area (Å²) in [5.74, 6) is 0. The maximum atomic E-state index is 4.07. The minimum Gasteiger partial charge on any atom is -0.0955 e. The molecule has 0 unspecified atom stereocenters. The third-order valence-electron chi connectivity index (χ3n) is 3.95. The van der Waals surface area contributed by atoms with Crippen LogP contribution in [-0.4, -0.2) is 0 Å². The van der Waals surface area contributed by atoms with Gasteiger partial charge in [0.1, 0.15) is 0 Å². The van der Waals surface area contributed by atoms with Crippen LogP contribution in [0.2, 0.25) is 0 Å². The Labute approximate surface area is 121 Å². The van der Waals surface area contributed by atoms with Crippen molar-refractivity contribution in [1.82, 2.24) is 0 Å².